The highest BCUT2D eigenvalue weighted by atomic mass is 32.1. The van der Waals surface area contributed by atoms with Gasteiger partial charge in [-0.15, -0.1) is 5.10 Å². The summed E-state index contributed by atoms with van der Waals surface area (Å²) >= 11 is 1.10. The van der Waals surface area contributed by atoms with Gasteiger partial charge in [-0.3, -0.25) is 9.59 Å². The van der Waals surface area contributed by atoms with Crippen LogP contribution in [0.5, 0.6) is 0 Å². The predicted molar refractivity (Wildman–Crippen MR) is 72.6 cm³/mol. The largest absolute Gasteiger partial charge is 0.481 e. The molecule has 0 spiro atoms. The Morgan fingerprint density at radius 2 is 2.35 bits per heavy atom. The Hall–Kier alpha value is -1.50. The van der Waals surface area contributed by atoms with E-state index in [4.69, 9.17) is 0 Å². The van der Waals surface area contributed by atoms with Gasteiger partial charge in [0, 0.05) is 13.1 Å². The molecule has 2 heterocycles. The molecule has 1 amide bonds. The standard InChI is InChI=1S/C13H17N3O3S/c1-2-9-10(20-15-14-9)11(17)16-6-8-4-3-5-13(8,7-16)12(18)19/h8H,2-7H2,1H3,(H,18,19)/t8-,13+/m0/s1. The molecule has 0 unspecified atom stereocenters. The Labute approximate surface area is 121 Å². The predicted octanol–water partition coefficient (Wildman–Crippen LogP) is 1.43. The summed E-state index contributed by atoms with van der Waals surface area (Å²) in [5.74, 6) is -0.768. The van der Waals surface area contributed by atoms with Crippen LogP contribution in [-0.2, 0) is 11.2 Å². The highest BCUT2D eigenvalue weighted by Crippen LogP contribution is 2.49. The van der Waals surface area contributed by atoms with E-state index in [9.17, 15) is 14.7 Å². The summed E-state index contributed by atoms with van der Waals surface area (Å²) in [6, 6.07) is 0. The van der Waals surface area contributed by atoms with Gasteiger partial charge in [0.2, 0.25) is 0 Å². The van der Waals surface area contributed by atoms with Crippen molar-refractivity contribution in [1.82, 2.24) is 14.5 Å². The molecule has 0 bridgehead atoms. The van der Waals surface area contributed by atoms with Crippen LogP contribution in [0.2, 0.25) is 0 Å². The number of carbonyl (C=O) groups is 2. The van der Waals surface area contributed by atoms with E-state index in [0.717, 1.165) is 24.4 Å². The van der Waals surface area contributed by atoms with Crippen LogP contribution >= 0.6 is 11.5 Å². The molecule has 1 aliphatic heterocycles. The zero-order chi connectivity index (χ0) is 14.3. The van der Waals surface area contributed by atoms with E-state index in [1.165, 1.54) is 0 Å². The van der Waals surface area contributed by atoms with Gasteiger partial charge in [-0.2, -0.15) is 0 Å². The minimum atomic E-state index is -0.756. The molecule has 108 valence electrons. The molecule has 0 radical (unpaired) electrons. The van der Waals surface area contributed by atoms with Crippen LogP contribution in [0.4, 0.5) is 0 Å². The number of hydrogen-bond donors (Lipinski definition) is 1. The van der Waals surface area contributed by atoms with Crippen LogP contribution in [0.25, 0.3) is 0 Å². The number of carboxylic acids is 1. The van der Waals surface area contributed by atoms with Gasteiger partial charge in [-0.25, -0.2) is 0 Å². The minimum Gasteiger partial charge on any atom is -0.481 e. The molecular weight excluding hydrogens is 278 g/mol. The van der Waals surface area contributed by atoms with Crippen molar-refractivity contribution in [2.75, 3.05) is 13.1 Å². The topological polar surface area (TPSA) is 83.4 Å². The Bertz CT molecular complexity index is 559. The third-order valence-electron chi connectivity index (χ3n) is 4.67. The lowest BCUT2D eigenvalue weighted by Gasteiger charge is -2.23. The average Bonchev–Trinajstić information content (AvgIpc) is 3.10. The molecule has 20 heavy (non-hydrogen) atoms. The van der Waals surface area contributed by atoms with E-state index >= 15 is 0 Å². The first kappa shape index (κ1) is 13.5. The Morgan fingerprint density at radius 1 is 1.55 bits per heavy atom. The quantitative estimate of drug-likeness (QED) is 0.912. The van der Waals surface area contributed by atoms with Crippen molar-refractivity contribution in [2.45, 2.75) is 32.6 Å². The first-order chi connectivity index (χ1) is 9.58. The zero-order valence-electron chi connectivity index (χ0n) is 11.3. The number of aryl methyl sites for hydroxylation is 1. The van der Waals surface area contributed by atoms with Crippen molar-refractivity contribution in [3.8, 4) is 0 Å². The smallest absolute Gasteiger partial charge is 0.311 e. The number of aliphatic carboxylic acids is 1. The van der Waals surface area contributed by atoms with E-state index in [1.807, 2.05) is 6.92 Å². The lowest BCUT2D eigenvalue weighted by atomic mass is 9.81. The van der Waals surface area contributed by atoms with E-state index in [-0.39, 0.29) is 11.8 Å². The second kappa shape index (κ2) is 4.80. The van der Waals surface area contributed by atoms with Crippen LogP contribution in [0.1, 0.15) is 41.6 Å². The fourth-order valence-corrected chi connectivity index (χ4v) is 4.26. The van der Waals surface area contributed by atoms with Crippen molar-refractivity contribution in [3.63, 3.8) is 0 Å². The number of amides is 1. The summed E-state index contributed by atoms with van der Waals surface area (Å²) in [5.41, 5.74) is -0.0124. The summed E-state index contributed by atoms with van der Waals surface area (Å²) in [7, 11) is 0. The fourth-order valence-electron chi connectivity index (χ4n) is 3.54. The Morgan fingerprint density at radius 3 is 3.00 bits per heavy atom. The number of rotatable bonds is 3. The van der Waals surface area contributed by atoms with Gasteiger partial charge in [-0.05, 0) is 36.7 Å². The molecule has 1 saturated carbocycles. The van der Waals surface area contributed by atoms with Crippen LogP contribution in [-0.4, -0.2) is 44.6 Å². The summed E-state index contributed by atoms with van der Waals surface area (Å²) < 4.78 is 3.84. The highest BCUT2D eigenvalue weighted by molar-refractivity contribution is 7.08. The van der Waals surface area contributed by atoms with Crippen LogP contribution < -0.4 is 0 Å². The van der Waals surface area contributed by atoms with Crippen molar-refractivity contribution in [1.29, 1.82) is 0 Å². The average molecular weight is 295 g/mol. The normalized spacial score (nSPS) is 28.6. The lowest BCUT2D eigenvalue weighted by Crippen LogP contribution is -2.37. The van der Waals surface area contributed by atoms with E-state index < -0.39 is 11.4 Å². The van der Waals surface area contributed by atoms with E-state index in [1.54, 1.807) is 4.90 Å². The van der Waals surface area contributed by atoms with Crippen LogP contribution in [0.3, 0.4) is 0 Å². The summed E-state index contributed by atoms with van der Waals surface area (Å²) in [6.07, 6.45) is 3.19. The SMILES string of the molecule is CCc1nnsc1C(=O)N1C[C@@H]2CCC[C@@]2(C(=O)O)C1. The molecule has 2 fully saturated rings. The number of nitrogens with zero attached hydrogens (tertiary/aromatic N) is 3. The number of likely N-dealkylation sites (tertiary alicyclic amines) is 1. The van der Waals surface area contributed by atoms with Gasteiger partial charge in [0.1, 0.15) is 4.88 Å². The third kappa shape index (κ3) is 1.83. The monoisotopic (exact) mass is 295 g/mol. The molecule has 3 rings (SSSR count). The molecule has 7 heteroatoms. The van der Waals surface area contributed by atoms with Gasteiger partial charge in [0.15, 0.2) is 0 Å². The van der Waals surface area contributed by atoms with E-state index in [2.05, 4.69) is 9.59 Å². The maximum absolute atomic E-state index is 12.5. The van der Waals surface area contributed by atoms with Crippen molar-refractivity contribution < 1.29 is 14.7 Å². The summed E-state index contributed by atoms with van der Waals surface area (Å²) in [4.78, 5) is 26.4. The van der Waals surface area contributed by atoms with Gasteiger partial charge in [-0.1, -0.05) is 17.8 Å². The second-order valence-electron chi connectivity index (χ2n) is 5.64. The first-order valence-corrected chi connectivity index (χ1v) is 7.69. The Balaban J connectivity index is 1.84. The molecule has 1 N–H and O–H groups in total. The van der Waals surface area contributed by atoms with Crippen LogP contribution in [0, 0.1) is 11.3 Å². The summed E-state index contributed by atoms with van der Waals surface area (Å²) in [5, 5.41) is 13.5. The van der Waals surface area contributed by atoms with Crippen molar-refractivity contribution >= 4 is 23.4 Å². The number of carbonyl (C=O) groups excluding carboxylic acids is 1. The third-order valence-corrected chi connectivity index (χ3v) is 5.42. The van der Waals surface area contributed by atoms with E-state index in [0.29, 0.717) is 36.5 Å². The number of carboxylic acid groups (broad SMARTS) is 1. The van der Waals surface area contributed by atoms with Crippen molar-refractivity contribution in [2.24, 2.45) is 11.3 Å². The molecule has 1 aromatic heterocycles. The molecule has 1 aromatic rings. The molecule has 1 aliphatic carbocycles. The lowest BCUT2D eigenvalue weighted by molar-refractivity contribution is -0.149. The van der Waals surface area contributed by atoms with Gasteiger partial charge in [0.05, 0.1) is 11.1 Å². The molecular formula is C13H17N3O3S. The summed E-state index contributed by atoms with van der Waals surface area (Å²) in [6.45, 7) is 2.81. The molecule has 0 aromatic carbocycles. The highest BCUT2D eigenvalue weighted by Gasteiger charge is 2.56. The molecule has 2 atom stereocenters. The molecule has 1 saturated heterocycles. The van der Waals surface area contributed by atoms with Crippen LogP contribution in [0.15, 0.2) is 0 Å². The maximum Gasteiger partial charge on any atom is 0.311 e. The molecule has 2 aliphatic rings. The van der Waals surface area contributed by atoms with Gasteiger partial charge >= 0.3 is 5.97 Å². The first-order valence-electron chi connectivity index (χ1n) is 6.92. The minimum absolute atomic E-state index is 0.0925. The zero-order valence-corrected chi connectivity index (χ0v) is 12.2. The van der Waals surface area contributed by atoms with Gasteiger partial charge in [0.25, 0.3) is 5.91 Å². The van der Waals surface area contributed by atoms with Gasteiger partial charge < -0.3 is 10.0 Å². The second-order valence-corrected chi connectivity index (χ2v) is 6.39. The number of hydrogen-bond acceptors (Lipinski definition) is 5. The maximum atomic E-state index is 12.5. The fraction of sp³-hybridized carbons (Fsp3) is 0.692. The molecule has 6 nitrogen and oxygen atoms in total. The van der Waals surface area contributed by atoms with Crippen molar-refractivity contribution in [3.05, 3.63) is 10.6 Å². The number of fused-ring (bicyclic) bond motifs is 1. The number of aromatic nitrogens is 2. The Kier molecular flexibility index (Phi) is 3.24.